The van der Waals surface area contributed by atoms with Crippen LogP contribution in [-0.4, -0.2) is 6.29 Å². The highest BCUT2D eigenvalue weighted by Gasteiger charge is 2.19. The largest absolute Gasteiger partial charge is 0.457 e. The van der Waals surface area contributed by atoms with E-state index in [1.54, 1.807) is 6.07 Å². The van der Waals surface area contributed by atoms with Crippen molar-refractivity contribution >= 4 is 6.29 Å². The van der Waals surface area contributed by atoms with Gasteiger partial charge in [-0.05, 0) is 54.7 Å². The zero-order valence-electron chi connectivity index (χ0n) is 13.4. The maximum Gasteiger partial charge on any atom is 0.150 e. The standard InChI is InChI=1S/C19H22O2/c1-13-6-8-16(19(3,4)5)18(10-13)21-17-9-7-15(12-20)11-14(17)2/h6-12H,1-5H3. The van der Waals surface area contributed by atoms with E-state index in [2.05, 4.69) is 45.9 Å². The van der Waals surface area contributed by atoms with E-state index in [4.69, 9.17) is 4.74 Å². The van der Waals surface area contributed by atoms with E-state index in [0.717, 1.165) is 23.3 Å². The van der Waals surface area contributed by atoms with Gasteiger partial charge in [-0.15, -0.1) is 0 Å². The molecule has 0 amide bonds. The first-order valence-corrected chi connectivity index (χ1v) is 7.16. The molecule has 110 valence electrons. The molecule has 0 bridgehead atoms. The Labute approximate surface area is 126 Å². The fourth-order valence-electron chi connectivity index (χ4n) is 2.31. The second-order valence-corrected chi connectivity index (χ2v) is 6.49. The third-order valence-electron chi connectivity index (χ3n) is 3.50. The first-order chi connectivity index (χ1) is 9.81. The maximum atomic E-state index is 10.8. The van der Waals surface area contributed by atoms with Crippen LogP contribution in [0.1, 0.15) is 47.8 Å². The molecule has 2 aromatic rings. The van der Waals surface area contributed by atoms with E-state index >= 15 is 0 Å². The fraction of sp³-hybridized carbons (Fsp3) is 0.316. The molecule has 0 radical (unpaired) electrons. The van der Waals surface area contributed by atoms with Gasteiger partial charge in [0.15, 0.2) is 0 Å². The quantitative estimate of drug-likeness (QED) is 0.723. The smallest absolute Gasteiger partial charge is 0.150 e. The molecule has 0 aliphatic rings. The van der Waals surface area contributed by atoms with Crippen LogP contribution in [0.25, 0.3) is 0 Å². The average molecular weight is 282 g/mol. The predicted molar refractivity (Wildman–Crippen MR) is 86.5 cm³/mol. The van der Waals surface area contributed by atoms with E-state index in [9.17, 15) is 4.79 Å². The van der Waals surface area contributed by atoms with Crippen molar-refractivity contribution in [2.75, 3.05) is 0 Å². The molecule has 0 aliphatic heterocycles. The number of benzene rings is 2. The highest BCUT2D eigenvalue weighted by Crippen LogP contribution is 2.35. The van der Waals surface area contributed by atoms with E-state index in [-0.39, 0.29) is 5.41 Å². The lowest BCUT2D eigenvalue weighted by atomic mass is 9.86. The van der Waals surface area contributed by atoms with Crippen LogP contribution in [0.15, 0.2) is 36.4 Å². The summed E-state index contributed by atoms with van der Waals surface area (Å²) in [4.78, 5) is 10.8. The number of aldehydes is 1. The molecular formula is C19H22O2. The summed E-state index contributed by atoms with van der Waals surface area (Å²) < 4.78 is 6.13. The highest BCUT2D eigenvalue weighted by molar-refractivity contribution is 5.75. The maximum absolute atomic E-state index is 10.8. The lowest BCUT2D eigenvalue weighted by molar-refractivity contribution is 0.112. The number of rotatable bonds is 3. The highest BCUT2D eigenvalue weighted by atomic mass is 16.5. The molecule has 21 heavy (non-hydrogen) atoms. The Kier molecular flexibility index (Phi) is 4.17. The molecule has 2 aromatic carbocycles. The summed E-state index contributed by atoms with van der Waals surface area (Å²) in [5.74, 6) is 1.67. The Balaban J connectivity index is 2.44. The summed E-state index contributed by atoms with van der Waals surface area (Å²) in [7, 11) is 0. The normalized spacial score (nSPS) is 11.3. The molecule has 2 rings (SSSR count). The van der Waals surface area contributed by atoms with Crippen LogP contribution in [0.3, 0.4) is 0 Å². The number of hydrogen-bond donors (Lipinski definition) is 0. The van der Waals surface area contributed by atoms with Crippen LogP contribution in [0, 0.1) is 13.8 Å². The van der Waals surface area contributed by atoms with Gasteiger partial charge >= 0.3 is 0 Å². The minimum atomic E-state index is 0.0136. The van der Waals surface area contributed by atoms with Crippen molar-refractivity contribution in [2.24, 2.45) is 0 Å². The van der Waals surface area contributed by atoms with Gasteiger partial charge in [0.25, 0.3) is 0 Å². The van der Waals surface area contributed by atoms with Crippen molar-refractivity contribution in [3.8, 4) is 11.5 Å². The topological polar surface area (TPSA) is 26.3 Å². The lowest BCUT2D eigenvalue weighted by Gasteiger charge is -2.23. The number of aryl methyl sites for hydroxylation is 2. The molecular weight excluding hydrogens is 260 g/mol. The Morgan fingerprint density at radius 1 is 0.952 bits per heavy atom. The molecule has 0 spiro atoms. The first kappa shape index (κ1) is 15.3. The molecule has 0 atom stereocenters. The van der Waals surface area contributed by atoms with Crippen LogP contribution in [0.5, 0.6) is 11.5 Å². The van der Waals surface area contributed by atoms with Gasteiger partial charge in [-0.3, -0.25) is 4.79 Å². The van der Waals surface area contributed by atoms with Gasteiger partial charge in [0, 0.05) is 11.1 Å². The Morgan fingerprint density at radius 3 is 2.24 bits per heavy atom. The van der Waals surface area contributed by atoms with Crippen molar-refractivity contribution in [2.45, 2.75) is 40.0 Å². The third kappa shape index (κ3) is 3.52. The molecule has 0 aromatic heterocycles. The van der Waals surface area contributed by atoms with Crippen molar-refractivity contribution < 1.29 is 9.53 Å². The lowest BCUT2D eigenvalue weighted by Crippen LogP contribution is -2.12. The van der Waals surface area contributed by atoms with Crippen LogP contribution >= 0.6 is 0 Å². The van der Waals surface area contributed by atoms with Crippen molar-refractivity contribution in [1.82, 2.24) is 0 Å². The van der Waals surface area contributed by atoms with Gasteiger partial charge in [0.2, 0.25) is 0 Å². The van der Waals surface area contributed by atoms with Gasteiger partial charge in [0.05, 0.1) is 0 Å². The molecule has 2 nitrogen and oxygen atoms in total. The van der Waals surface area contributed by atoms with Gasteiger partial charge in [0.1, 0.15) is 17.8 Å². The summed E-state index contributed by atoms with van der Waals surface area (Å²) in [5.41, 5.74) is 3.98. The second-order valence-electron chi connectivity index (χ2n) is 6.49. The van der Waals surface area contributed by atoms with E-state index in [1.807, 2.05) is 19.1 Å². The Hall–Kier alpha value is -2.09. The van der Waals surface area contributed by atoms with E-state index < -0.39 is 0 Å². The number of carbonyl (C=O) groups excluding carboxylic acids is 1. The van der Waals surface area contributed by atoms with Crippen LogP contribution in [0.2, 0.25) is 0 Å². The van der Waals surface area contributed by atoms with Crippen molar-refractivity contribution in [3.05, 3.63) is 58.7 Å². The van der Waals surface area contributed by atoms with Crippen molar-refractivity contribution in [1.29, 1.82) is 0 Å². The van der Waals surface area contributed by atoms with Crippen LogP contribution in [-0.2, 0) is 5.41 Å². The summed E-state index contributed by atoms with van der Waals surface area (Å²) in [6, 6.07) is 11.8. The number of hydrogen-bond acceptors (Lipinski definition) is 2. The van der Waals surface area contributed by atoms with E-state index in [1.165, 1.54) is 11.1 Å². The summed E-state index contributed by atoms with van der Waals surface area (Å²) in [5, 5.41) is 0. The average Bonchev–Trinajstić information content (AvgIpc) is 2.39. The summed E-state index contributed by atoms with van der Waals surface area (Å²) in [6.45, 7) is 10.5. The minimum Gasteiger partial charge on any atom is -0.457 e. The van der Waals surface area contributed by atoms with E-state index in [0.29, 0.717) is 5.56 Å². The molecule has 0 unspecified atom stereocenters. The van der Waals surface area contributed by atoms with Crippen LogP contribution < -0.4 is 4.74 Å². The van der Waals surface area contributed by atoms with Crippen molar-refractivity contribution in [3.63, 3.8) is 0 Å². The monoisotopic (exact) mass is 282 g/mol. The Bertz CT molecular complexity index is 664. The molecule has 0 aliphatic carbocycles. The van der Waals surface area contributed by atoms with Gasteiger partial charge in [-0.25, -0.2) is 0 Å². The summed E-state index contributed by atoms with van der Waals surface area (Å²) >= 11 is 0. The molecule has 0 fully saturated rings. The third-order valence-corrected chi connectivity index (χ3v) is 3.50. The molecule has 0 saturated carbocycles. The predicted octanol–water partition coefficient (Wildman–Crippen LogP) is 5.21. The minimum absolute atomic E-state index is 0.0136. The van der Waals surface area contributed by atoms with Crippen LogP contribution in [0.4, 0.5) is 0 Å². The zero-order chi connectivity index (χ0) is 15.6. The molecule has 2 heteroatoms. The SMILES string of the molecule is Cc1ccc(C(C)(C)C)c(Oc2ccc(C=O)cc2C)c1. The van der Waals surface area contributed by atoms with Gasteiger partial charge < -0.3 is 4.74 Å². The second kappa shape index (κ2) is 5.72. The van der Waals surface area contributed by atoms with Gasteiger partial charge in [-0.2, -0.15) is 0 Å². The van der Waals surface area contributed by atoms with Gasteiger partial charge in [-0.1, -0.05) is 32.9 Å². The Morgan fingerprint density at radius 2 is 1.67 bits per heavy atom. The fourth-order valence-corrected chi connectivity index (χ4v) is 2.31. The first-order valence-electron chi connectivity index (χ1n) is 7.16. The molecule has 0 N–H and O–H groups in total. The number of ether oxygens (including phenoxy) is 1. The number of carbonyl (C=O) groups is 1. The molecule has 0 heterocycles. The summed E-state index contributed by atoms with van der Waals surface area (Å²) in [6.07, 6.45) is 0.851. The zero-order valence-corrected chi connectivity index (χ0v) is 13.4. The molecule has 0 saturated heterocycles.